The Kier molecular flexibility index (Phi) is 6.55. The van der Waals surface area contributed by atoms with Gasteiger partial charge in [0, 0.05) is 19.1 Å². The minimum absolute atomic E-state index is 0. The van der Waals surface area contributed by atoms with Crippen LogP contribution in [-0.4, -0.2) is 36.5 Å². The number of hydrogen-bond acceptors (Lipinski definition) is 2. The van der Waals surface area contributed by atoms with Gasteiger partial charge in [0.25, 0.3) is 5.91 Å². The van der Waals surface area contributed by atoms with E-state index in [0.29, 0.717) is 19.1 Å². The van der Waals surface area contributed by atoms with Gasteiger partial charge in [0.2, 0.25) is 0 Å². The second kappa shape index (κ2) is 8.02. The van der Waals surface area contributed by atoms with E-state index in [1.165, 1.54) is 18.9 Å². The van der Waals surface area contributed by atoms with Crippen LogP contribution >= 0.6 is 35.6 Å². The van der Waals surface area contributed by atoms with Crippen molar-refractivity contribution in [3.05, 3.63) is 33.6 Å². The van der Waals surface area contributed by atoms with Crippen LogP contribution in [0.15, 0.2) is 12.1 Å². The molecule has 1 amide bonds. The molecule has 23 heavy (non-hydrogen) atoms. The maximum Gasteiger partial charge on any atom is 0.255 e. The number of benzene rings is 1. The Morgan fingerprint density at radius 1 is 1.17 bits per heavy atom. The first-order chi connectivity index (χ1) is 10.5. The van der Waals surface area contributed by atoms with E-state index in [4.69, 9.17) is 23.2 Å². The van der Waals surface area contributed by atoms with Gasteiger partial charge in [-0.25, -0.2) is 4.39 Å². The van der Waals surface area contributed by atoms with Gasteiger partial charge in [-0.2, -0.15) is 0 Å². The van der Waals surface area contributed by atoms with Crippen molar-refractivity contribution in [3.63, 3.8) is 0 Å². The van der Waals surface area contributed by atoms with Crippen LogP contribution in [0.25, 0.3) is 0 Å². The summed E-state index contributed by atoms with van der Waals surface area (Å²) in [5.74, 6) is 0.0205. The molecule has 1 N–H and O–H groups in total. The second-order valence-electron chi connectivity index (χ2n) is 6.16. The van der Waals surface area contributed by atoms with Gasteiger partial charge in [-0.05, 0) is 50.3 Å². The van der Waals surface area contributed by atoms with E-state index in [0.717, 1.165) is 31.4 Å². The minimum atomic E-state index is -0.615. The summed E-state index contributed by atoms with van der Waals surface area (Å²) >= 11 is 11.7. The molecule has 1 aliphatic heterocycles. The maximum atomic E-state index is 13.6. The van der Waals surface area contributed by atoms with Gasteiger partial charge in [-0.15, -0.1) is 12.4 Å². The smallest absolute Gasteiger partial charge is 0.255 e. The molecule has 1 aromatic carbocycles. The fraction of sp³-hybridized carbons (Fsp3) is 0.562. The van der Waals surface area contributed by atoms with Crippen molar-refractivity contribution < 1.29 is 9.18 Å². The number of hydrogen-bond donors (Lipinski definition) is 1. The lowest BCUT2D eigenvalue weighted by Crippen LogP contribution is -2.45. The molecule has 1 saturated carbocycles. The molecule has 1 saturated heterocycles. The second-order valence-corrected chi connectivity index (χ2v) is 6.98. The molecule has 1 aromatic rings. The van der Waals surface area contributed by atoms with E-state index >= 15 is 0 Å². The first kappa shape index (κ1) is 18.8. The predicted octanol–water partition coefficient (Wildman–Crippen LogP) is 4.16. The topological polar surface area (TPSA) is 32.3 Å². The third-order valence-electron chi connectivity index (χ3n) is 4.41. The number of amides is 1. The molecule has 1 aliphatic carbocycles. The molecule has 0 atom stereocenters. The largest absolute Gasteiger partial charge is 0.338 e. The van der Waals surface area contributed by atoms with Gasteiger partial charge in [0.1, 0.15) is 5.82 Å². The van der Waals surface area contributed by atoms with Crippen LogP contribution < -0.4 is 5.32 Å². The molecule has 128 valence electrons. The van der Waals surface area contributed by atoms with Crippen molar-refractivity contribution in [2.45, 2.75) is 31.7 Å². The van der Waals surface area contributed by atoms with Crippen LogP contribution in [0, 0.1) is 11.7 Å². The van der Waals surface area contributed by atoms with Crippen LogP contribution in [-0.2, 0) is 0 Å². The summed E-state index contributed by atoms with van der Waals surface area (Å²) in [6, 6.07) is 2.89. The molecule has 0 spiro atoms. The SMILES string of the molecule is Cl.O=C(c1cc(F)c(Cl)cc1Cl)N1CCC(NCC2CC2)CC1. The van der Waals surface area contributed by atoms with Crippen molar-refractivity contribution in [1.82, 2.24) is 10.2 Å². The zero-order chi connectivity index (χ0) is 15.7. The summed E-state index contributed by atoms with van der Waals surface area (Å²) in [4.78, 5) is 14.2. The first-order valence-corrected chi connectivity index (χ1v) is 8.47. The molecule has 7 heteroatoms. The van der Waals surface area contributed by atoms with Crippen molar-refractivity contribution in [2.75, 3.05) is 19.6 Å². The number of rotatable bonds is 4. The number of carbonyl (C=O) groups excluding carboxylic acids is 1. The Bertz CT molecular complexity index is 573. The fourth-order valence-electron chi connectivity index (χ4n) is 2.80. The van der Waals surface area contributed by atoms with Gasteiger partial charge in [-0.1, -0.05) is 23.2 Å². The van der Waals surface area contributed by atoms with Crippen molar-refractivity contribution in [3.8, 4) is 0 Å². The first-order valence-electron chi connectivity index (χ1n) is 7.72. The highest BCUT2D eigenvalue weighted by molar-refractivity contribution is 6.36. The molecule has 0 bridgehead atoms. The monoisotopic (exact) mass is 380 g/mol. The molecule has 2 fully saturated rings. The van der Waals surface area contributed by atoms with E-state index in [9.17, 15) is 9.18 Å². The van der Waals surface area contributed by atoms with E-state index in [2.05, 4.69) is 5.32 Å². The molecular weight excluding hydrogens is 362 g/mol. The molecule has 0 aromatic heterocycles. The number of carbonyl (C=O) groups is 1. The van der Waals surface area contributed by atoms with Gasteiger partial charge >= 0.3 is 0 Å². The van der Waals surface area contributed by atoms with Crippen LogP contribution in [0.4, 0.5) is 4.39 Å². The van der Waals surface area contributed by atoms with Crippen molar-refractivity contribution in [1.29, 1.82) is 0 Å². The van der Waals surface area contributed by atoms with E-state index in [1.54, 1.807) is 4.90 Å². The van der Waals surface area contributed by atoms with Crippen molar-refractivity contribution >= 4 is 41.5 Å². The molecule has 0 radical (unpaired) electrons. The third-order valence-corrected chi connectivity index (χ3v) is 5.02. The summed E-state index contributed by atoms with van der Waals surface area (Å²) in [5, 5.41) is 3.70. The fourth-order valence-corrected chi connectivity index (χ4v) is 3.26. The van der Waals surface area contributed by atoms with Gasteiger partial charge in [-0.3, -0.25) is 4.79 Å². The van der Waals surface area contributed by atoms with Crippen LogP contribution in [0.1, 0.15) is 36.0 Å². The quantitative estimate of drug-likeness (QED) is 0.794. The average molecular weight is 382 g/mol. The number of nitrogens with zero attached hydrogens (tertiary/aromatic N) is 1. The number of likely N-dealkylation sites (tertiary alicyclic amines) is 1. The molecule has 2 aliphatic rings. The lowest BCUT2D eigenvalue weighted by atomic mass is 10.0. The zero-order valence-corrected chi connectivity index (χ0v) is 15.0. The van der Waals surface area contributed by atoms with E-state index in [-0.39, 0.29) is 33.9 Å². The molecule has 0 unspecified atom stereocenters. The van der Waals surface area contributed by atoms with E-state index < -0.39 is 5.82 Å². The molecule has 1 heterocycles. The summed E-state index contributed by atoms with van der Waals surface area (Å²) in [6.45, 7) is 2.43. The van der Waals surface area contributed by atoms with Gasteiger partial charge in [0.15, 0.2) is 0 Å². The lowest BCUT2D eigenvalue weighted by Gasteiger charge is -2.32. The number of nitrogens with one attached hydrogen (secondary N) is 1. The van der Waals surface area contributed by atoms with Crippen LogP contribution in [0.5, 0.6) is 0 Å². The summed E-state index contributed by atoms with van der Waals surface area (Å²) < 4.78 is 13.6. The standard InChI is InChI=1S/C16H19Cl2FN2O.ClH/c17-13-8-14(18)15(19)7-12(13)16(22)21-5-3-11(4-6-21)20-9-10-1-2-10;/h7-8,10-11,20H,1-6,9H2;1H. The Labute approximate surface area is 151 Å². The van der Waals surface area contributed by atoms with Gasteiger partial charge < -0.3 is 10.2 Å². The highest BCUT2D eigenvalue weighted by atomic mass is 35.5. The Morgan fingerprint density at radius 3 is 2.43 bits per heavy atom. The predicted molar refractivity (Wildman–Crippen MR) is 93.3 cm³/mol. The van der Waals surface area contributed by atoms with Gasteiger partial charge in [0.05, 0.1) is 15.6 Å². The highest BCUT2D eigenvalue weighted by Crippen LogP contribution is 2.29. The van der Waals surface area contributed by atoms with Crippen LogP contribution in [0.3, 0.4) is 0 Å². The van der Waals surface area contributed by atoms with E-state index in [1.807, 2.05) is 0 Å². The summed E-state index contributed by atoms with van der Waals surface area (Å²) in [5.41, 5.74) is 0.188. The minimum Gasteiger partial charge on any atom is -0.338 e. The average Bonchev–Trinajstić information content (AvgIpc) is 3.33. The Morgan fingerprint density at radius 2 is 1.83 bits per heavy atom. The van der Waals surface area contributed by atoms with Crippen molar-refractivity contribution in [2.24, 2.45) is 5.92 Å². The summed E-state index contributed by atoms with van der Waals surface area (Å²) in [6.07, 6.45) is 4.52. The van der Waals surface area contributed by atoms with Crippen LogP contribution in [0.2, 0.25) is 10.0 Å². The Hall–Kier alpha value is -0.550. The zero-order valence-electron chi connectivity index (χ0n) is 12.7. The number of halogens is 4. The number of piperidine rings is 1. The Balaban J connectivity index is 0.00000192. The summed E-state index contributed by atoms with van der Waals surface area (Å²) in [7, 11) is 0. The highest BCUT2D eigenvalue weighted by Gasteiger charge is 2.27. The maximum absolute atomic E-state index is 13.6. The normalized spacial score (nSPS) is 18.7. The molecule has 3 rings (SSSR count). The third kappa shape index (κ3) is 4.72. The molecule has 3 nitrogen and oxygen atoms in total. The molecular formula is C16H20Cl3FN2O. The lowest BCUT2D eigenvalue weighted by molar-refractivity contribution is 0.0704.